The lowest BCUT2D eigenvalue weighted by molar-refractivity contribution is -0.121. The topological polar surface area (TPSA) is 50.4 Å². The quantitative estimate of drug-likeness (QED) is 0.744. The van der Waals surface area contributed by atoms with Gasteiger partial charge >= 0.3 is 0 Å². The Morgan fingerprint density at radius 3 is 2.71 bits per heavy atom. The molecule has 5 heteroatoms. The van der Waals surface area contributed by atoms with E-state index in [9.17, 15) is 4.79 Å². The van der Waals surface area contributed by atoms with E-state index in [1.165, 1.54) is 0 Å². The van der Waals surface area contributed by atoms with E-state index in [-0.39, 0.29) is 16.6 Å². The van der Waals surface area contributed by atoms with Crippen molar-refractivity contribution in [2.45, 2.75) is 25.0 Å². The Morgan fingerprint density at radius 2 is 2.18 bits per heavy atom. The van der Waals surface area contributed by atoms with Crippen LogP contribution >= 0.6 is 11.8 Å². The molecule has 0 spiro atoms. The Labute approximate surface area is 108 Å². The largest absolute Gasteiger partial charge is 0.384 e. The number of piperidine rings is 1. The van der Waals surface area contributed by atoms with E-state index in [1.54, 1.807) is 18.9 Å². The van der Waals surface area contributed by atoms with E-state index in [1.807, 2.05) is 13.2 Å². The second kappa shape index (κ2) is 7.24. The van der Waals surface area contributed by atoms with Crippen molar-refractivity contribution in [3.05, 3.63) is 0 Å². The molecule has 17 heavy (non-hydrogen) atoms. The molecule has 1 fully saturated rings. The highest BCUT2D eigenvalue weighted by Crippen LogP contribution is 2.28. The van der Waals surface area contributed by atoms with Gasteiger partial charge in [-0.15, -0.1) is 0 Å². The van der Waals surface area contributed by atoms with Crippen molar-refractivity contribution in [1.29, 1.82) is 0 Å². The Kier molecular flexibility index (Phi) is 6.30. The van der Waals surface area contributed by atoms with E-state index in [0.29, 0.717) is 0 Å². The summed E-state index contributed by atoms with van der Waals surface area (Å²) in [6.07, 6.45) is 4.09. The minimum absolute atomic E-state index is 0.0244. The fourth-order valence-electron chi connectivity index (χ4n) is 2.16. The number of carbonyl (C=O) groups excluding carboxylic acids is 1. The number of carbonyl (C=O) groups is 1. The van der Waals surface area contributed by atoms with Gasteiger partial charge in [0.05, 0.1) is 11.9 Å². The van der Waals surface area contributed by atoms with Crippen LogP contribution in [0.15, 0.2) is 0 Å². The fraction of sp³-hybridized carbons (Fsp3) is 0.917. The normalized spacial score (nSPS) is 20.9. The number of hydrogen-bond donors (Lipinski definition) is 2. The van der Waals surface area contributed by atoms with Crippen LogP contribution < -0.4 is 10.6 Å². The first-order valence-corrected chi connectivity index (χ1v) is 7.42. The number of thioether (sulfide) groups is 1. The van der Waals surface area contributed by atoms with Crippen molar-refractivity contribution in [2.75, 3.05) is 39.6 Å². The van der Waals surface area contributed by atoms with E-state index in [4.69, 9.17) is 4.74 Å². The van der Waals surface area contributed by atoms with Crippen LogP contribution in [0.3, 0.4) is 0 Å². The molecule has 2 N–H and O–H groups in total. The number of nitrogens with one attached hydrogen (secondary N) is 2. The fourth-order valence-corrected chi connectivity index (χ4v) is 2.46. The molecule has 0 aliphatic carbocycles. The molecule has 4 nitrogen and oxygen atoms in total. The molecule has 1 aliphatic rings. The summed E-state index contributed by atoms with van der Waals surface area (Å²) in [6.45, 7) is 5.41. The minimum Gasteiger partial charge on any atom is -0.384 e. The summed E-state index contributed by atoms with van der Waals surface area (Å²) in [5.74, 6) is 0.131. The number of rotatable bonds is 6. The predicted molar refractivity (Wildman–Crippen MR) is 72.4 cm³/mol. The standard InChI is InChI=1S/C12H24N2O2S/c1-10(17-3)11(15)14-8-12(9-16-2)4-6-13-7-5-12/h10,13H,4-9H2,1-3H3,(H,14,15). The zero-order chi connectivity index (χ0) is 12.7. The molecule has 100 valence electrons. The lowest BCUT2D eigenvalue weighted by Gasteiger charge is -2.37. The predicted octanol–water partition coefficient (Wildman–Crippen LogP) is 0.870. The van der Waals surface area contributed by atoms with Gasteiger partial charge in [-0.05, 0) is 39.1 Å². The SMILES string of the molecule is COCC1(CNC(=O)C(C)SC)CCNCC1. The summed E-state index contributed by atoms with van der Waals surface area (Å²) in [5, 5.41) is 6.43. The van der Waals surface area contributed by atoms with Crippen LogP contribution in [0.4, 0.5) is 0 Å². The van der Waals surface area contributed by atoms with Gasteiger partial charge in [0.15, 0.2) is 0 Å². The maximum atomic E-state index is 11.8. The third kappa shape index (κ3) is 4.48. The molecule has 1 heterocycles. The molecular weight excluding hydrogens is 236 g/mol. The Balaban J connectivity index is 2.46. The van der Waals surface area contributed by atoms with E-state index >= 15 is 0 Å². The Hall–Kier alpha value is -0.260. The third-order valence-electron chi connectivity index (χ3n) is 3.48. The van der Waals surface area contributed by atoms with Crippen molar-refractivity contribution in [3.63, 3.8) is 0 Å². The van der Waals surface area contributed by atoms with Crippen molar-refractivity contribution < 1.29 is 9.53 Å². The highest BCUT2D eigenvalue weighted by Gasteiger charge is 2.32. The molecule has 0 aromatic carbocycles. The summed E-state index contributed by atoms with van der Waals surface area (Å²) in [6, 6.07) is 0. The third-order valence-corrected chi connectivity index (χ3v) is 4.40. The summed E-state index contributed by atoms with van der Waals surface area (Å²) in [7, 11) is 1.73. The van der Waals surface area contributed by atoms with Crippen LogP contribution in [0.5, 0.6) is 0 Å². The van der Waals surface area contributed by atoms with Gasteiger partial charge < -0.3 is 15.4 Å². The highest BCUT2D eigenvalue weighted by molar-refractivity contribution is 7.99. The first kappa shape index (κ1) is 14.8. The second-order valence-corrected chi connectivity index (χ2v) is 5.96. The molecule has 0 saturated carbocycles. The van der Waals surface area contributed by atoms with Crippen LogP contribution in [-0.2, 0) is 9.53 Å². The first-order valence-electron chi connectivity index (χ1n) is 6.14. The van der Waals surface area contributed by atoms with Gasteiger partial charge in [-0.3, -0.25) is 4.79 Å². The molecule has 1 unspecified atom stereocenters. The lowest BCUT2D eigenvalue weighted by atomic mass is 9.79. The van der Waals surface area contributed by atoms with Gasteiger partial charge in [-0.1, -0.05) is 0 Å². The molecular formula is C12H24N2O2S. The summed E-state index contributed by atoms with van der Waals surface area (Å²) >= 11 is 1.58. The smallest absolute Gasteiger partial charge is 0.232 e. The summed E-state index contributed by atoms with van der Waals surface area (Å²) in [4.78, 5) is 11.8. The van der Waals surface area contributed by atoms with Crippen molar-refractivity contribution in [3.8, 4) is 0 Å². The number of methoxy groups -OCH3 is 1. The molecule has 0 aromatic heterocycles. The van der Waals surface area contributed by atoms with E-state index < -0.39 is 0 Å². The van der Waals surface area contributed by atoms with Gasteiger partial charge in [0.2, 0.25) is 5.91 Å². The van der Waals surface area contributed by atoms with Crippen LogP contribution in [0.1, 0.15) is 19.8 Å². The van der Waals surface area contributed by atoms with Crippen LogP contribution in [0, 0.1) is 5.41 Å². The van der Waals surface area contributed by atoms with Gasteiger partial charge in [-0.2, -0.15) is 11.8 Å². The second-order valence-electron chi connectivity index (χ2n) is 4.78. The maximum absolute atomic E-state index is 11.8. The van der Waals surface area contributed by atoms with Gasteiger partial charge in [0.1, 0.15) is 0 Å². The van der Waals surface area contributed by atoms with Gasteiger partial charge in [-0.25, -0.2) is 0 Å². The zero-order valence-corrected chi connectivity index (χ0v) is 11.9. The average molecular weight is 260 g/mol. The Morgan fingerprint density at radius 1 is 1.53 bits per heavy atom. The molecule has 0 aromatic rings. The van der Waals surface area contributed by atoms with Crippen molar-refractivity contribution >= 4 is 17.7 Å². The summed E-state index contributed by atoms with van der Waals surface area (Å²) in [5.41, 5.74) is 0.119. The van der Waals surface area contributed by atoms with E-state index in [2.05, 4.69) is 10.6 Å². The maximum Gasteiger partial charge on any atom is 0.232 e. The molecule has 1 saturated heterocycles. The van der Waals surface area contributed by atoms with E-state index in [0.717, 1.165) is 39.1 Å². The van der Waals surface area contributed by atoms with Crippen molar-refractivity contribution in [1.82, 2.24) is 10.6 Å². The van der Waals surface area contributed by atoms with Crippen LogP contribution in [-0.4, -0.2) is 50.8 Å². The van der Waals surface area contributed by atoms with Crippen LogP contribution in [0.2, 0.25) is 0 Å². The number of amides is 1. The summed E-state index contributed by atoms with van der Waals surface area (Å²) < 4.78 is 5.32. The molecule has 1 aliphatic heterocycles. The number of hydrogen-bond acceptors (Lipinski definition) is 4. The lowest BCUT2D eigenvalue weighted by Crippen LogP contribution is -2.48. The monoisotopic (exact) mass is 260 g/mol. The average Bonchev–Trinajstić information content (AvgIpc) is 2.36. The molecule has 1 rings (SSSR count). The zero-order valence-electron chi connectivity index (χ0n) is 11.0. The molecule has 1 atom stereocenters. The molecule has 0 radical (unpaired) electrons. The van der Waals surface area contributed by atoms with Crippen molar-refractivity contribution in [2.24, 2.45) is 5.41 Å². The minimum atomic E-state index is 0.0244. The molecule has 1 amide bonds. The van der Waals surface area contributed by atoms with Crippen LogP contribution in [0.25, 0.3) is 0 Å². The number of ether oxygens (including phenoxy) is 1. The first-order chi connectivity index (χ1) is 8.13. The highest BCUT2D eigenvalue weighted by atomic mass is 32.2. The Bertz CT molecular complexity index is 237. The van der Waals surface area contributed by atoms with Gasteiger partial charge in [0, 0.05) is 19.1 Å². The molecule has 0 bridgehead atoms. The van der Waals surface area contributed by atoms with Gasteiger partial charge in [0.25, 0.3) is 0 Å².